The summed E-state index contributed by atoms with van der Waals surface area (Å²) in [4.78, 5) is 24.9. The average molecular weight is 278 g/mol. The van der Waals surface area contributed by atoms with Crippen LogP contribution in [-0.4, -0.2) is 43.5 Å². The summed E-state index contributed by atoms with van der Waals surface area (Å²) in [5, 5.41) is 2.85. The van der Waals surface area contributed by atoms with E-state index in [2.05, 4.69) is 5.32 Å². The Balaban J connectivity index is 2.63. The van der Waals surface area contributed by atoms with E-state index >= 15 is 0 Å². The highest BCUT2D eigenvalue weighted by Crippen LogP contribution is 2.15. The lowest BCUT2D eigenvalue weighted by Crippen LogP contribution is -2.38. The fraction of sp³-hybridized carbons (Fsp3) is 0.467. The number of para-hydroxylation sites is 1. The van der Waals surface area contributed by atoms with Crippen LogP contribution in [0.4, 0.5) is 5.69 Å². The van der Waals surface area contributed by atoms with E-state index in [-0.39, 0.29) is 18.4 Å². The van der Waals surface area contributed by atoms with Crippen molar-refractivity contribution in [3.63, 3.8) is 0 Å². The number of amides is 2. The third-order valence-electron chi connectivity index (χ3n) is 3.02. The number of nitrogens with one attached hydrogen (secondary N) is 1. The number of aryl methyl sites for hydroxylation is 1. The maximum atomic E-state index is 12.0. The molecule has 1 rings (SSSR count). The second-order valence-electron chi connectivity index (χ2n) is 4.49. The van der Waals surface area contributed by atoms with Gasteiger partial charge in [-0.1, -0.05) is 25.1 Å². The molecule has 0 saturated heterocycles. The fourth-order valence-corrected chi connectivity index (χ4v) is 1.86. The van der Waals surface area contributed by atoms with Crippen molar-refractivity contribution in [1.82, 2.24) is 4.90 Å². The molecular formula is C15H22N2O3. The molecule has 0 saturated carbocycles. The molecule has 0 radical (unpaired) electrons. The summed E-state index contributed by atoms with van der Waals surface area (Å²) in [6, 6.07) is 7.66. The van der Waals surface area contributed by atoms with Crippen LogP contribution in [-0.2, 0) is 20.7 Å². The number of carbonyl (C=O) groups is 2. The van der Waals surface area contributed by atoms with Gasteiger partial charge in [-0.15, -0.1) is 0 Å². The third kappa shape index (κ3) is 5.01. The zero-order chi connectivity index (χ0) is 15.0. The number of benzene rings is 1. The van der Waals surface area contributed by atoms with Crippen molar-refractivity contribution in [2.75, 3.05) is 32.1 Å². The molecule has 0 fully saturated rings. The largest absolute Gasteiger partial charge is 0.383 e. The van der Waals surface area contributed by atoms with Gasteiger partial charge in [-0.2, -0.15) is 0 Å². The fourth-order valence-electron chi connectivity index (χ4n) is 1.86. The molecule has 0 unspecified atom stereocenters. The van der Waals surface area contributed by atoms with Crippen molar-refractivity contribution in [2.24, 2.45) is 0 Å². The van der Waals surface area contributed by atoms with Crippen molar-refractivity contribution in [3.05, 3.63) is 29.8 Å². The molecule has 5 heteroatoms. The average Bonchev–Trinajstić information content (AvgIpc) is 2.43. The van der Waals surface area contributed by atoms with E-state index in [0.717, 1.165) is 17.7 Å². The quantitative estimate of drug-likeness (QED) is 0.825. The van der Waals surface area contributed by atoms with E-state index in [9.17, 15) is 9.59 Å². The number of rotatable bonds is 7. The summed E-state index contributed by atoms with van der Waals surface area (Å²) in [7, 11) is 1.57. The van der Waals surface area contributed by atoms with Crippen molar-refractivity contribution in [3.8, 4) is 0 Å². The van der Waals surface area contributed by atoms with Gasteiger partial charge in [0, 0.05) is 26.3 Å². The van der Waals surface area contributed by atoms with Gasteiger partial charge in [-0.05, 0) is 18.1 Å². The van der Waals surface area contributed by atoms with Crippen LogP contribution in [0, 0.1) is 0 Å². The van der Waals surface area contributed by atoms with Gasteiger partial charge in [0.25, 0.3) is 0 Å². The minimum atomic E-state index is -0.197. The smallest absolute Gasteiger partial charge is 0.244 e. The summed E-state index contributed by atoms with van der Waals surface area (Å²) >= 11 is 0. The zero-order valence-electron chi connectivity index (χ0n) is 12.3. The summed E-state index contributed by atoms with van der Waals surface area (Å²) in [6.45, 7) is 4.35. The maximum absolute atomic E-state index is 12.0. The molecule has 0 spiro atoms. The lowest BCUT2D eigenvalue weighted by Gasteiger charge is -2.20. The Morgan fingerprint density at radius 1 is 1.30 bits per heavy atom. The monoisotopic (exact) mass is 278 g/mol. The van der Waals surface area contributed by atoms with Gasteiger partial charge < -0.3 is 15.0 Å². The highest BCUT2D eigenvalue weighted by molar-refractivity contribution is 5.94. The molecule has 0 aliphatic carbocycles. The lowest BCUT2D eigenvalue weighted by molar-refractivity contribution is -0.133. The van der Waals surface area contributed by atoms with Gasteiger partial charge in [0.2, 0.25) is 11.8 Å². The Kier molecular flexibility index (Phi) is 6.73. The Bertz CT molecular complexity index is 460. The third-order valence-corrected chi connectivity index (χ3v) is 3.02. The molecule has 0 aliphatic heterocycles. The number of hydrogen-bond acceptors (Lipinski definition) is 3. The molecule has 1 N–H and O–H groups in total. The molecule has 0 atom stereocenters. The van der Waals surface area contributed by atoms with Crippen molar-refractivity contribution >= 4 is 17.5 Å². The van der Waals surface area contributed by atoms with E-state index in [1.54, 1.807) is 7.11 Å². The second kappa shape index (κ2) is 8.32. The van der Waals surface area contributed by atoms with Crippen molar-refractivity contribution in [1.29, 1.82) is 0 Å². The topological polar surface area (TPSA) is 58.6 Å². The van der Waals surface area contributed by atoms with Gasteiger partial charge in [0.1, 0.15) is 0 Å². The van der Waals surface area contributed by atoms with Crippen molar-refractivity contribution < 1.29 is 14.3 Å². The number of nitrogens with zero attached hydrogens (tertiary/aromatic N) is 1. The highest BCUT2D eigenvalue weighted by atomic mass is 16.5. The predicted molar refractivity (Wildman–Crippen MR) is 78.6 cm³/mol. The van der Waals surface area contributed by atoms with E-state index in [1.807, 2.05) is 31.2 Å². The first kappa shape index (κ1) is 16.2. The molecule has 5 nitrogen and oxygen atoms in total. The lowest BCUT2D eigenvalue weighted by atomic mass is 10.1. The van der Waals surface area contributed by atoms with Gasteiger partial charge in [0.15, 0.2) is 0 Å². The minimum Gasteiger partial charge on any atom is -0.383 e. The molecule has 20 heavy (non-hydrogen) atoms. The Labute approximate surface area is 119 Å². The van der Waals surface area contributed by atoms with Crippen LogP contribution in [0.2, 0.25) is 0 Å². The summed E-state index contributed by atoms with van der Waals surface area (Å²) in [5.74, 6) is -0.335. The summed E-state index contributed by atoms with van der Waals surface area (Å²) < 4.78 is 4.93. The van der Waals surface area contributed by atoms with Crippen LogP contribution in [0.15, 0.2) is 24.3 Å². The van der Waals surface area contributed by atoms with E-state index < -0.39 is 0 Å². The zero-order valence-corrected chi connectivity index (χ0v) is 12.3. The number of carbonyl (C=O) groups excluding carboxylic acids is 2. The maximum Gasteiger partial charge on any atom is 0.244 e. The van der Waals surface area contributed by atoms with E-state index in [4.69, 9.17) is 4.74 Å². The van der Waals surface area contributed by atoms with Crippen LogP contribution in [0.25, 0.3) is 0 Å². The Morgan fingerprint density at radius 2 is 2.00 bits per heavy atom. The Morgan fingerprint density at radius 3 is 2.60 bits per heavy atom. The second-order valence-corrected chi connectivity index (χ2v) is 4.49. The van der Waals surface area contributed by atoms with Crippen LogP contribution in [0.3, 0.4) is 0 Å². The predicted octanol–water partition coefficient (Wildman–Crippen LogP) is 1.68. The standard InChI is InChI=1S/C15H22N2O3/c1-4-13-7-5-6-8-14(13)16-15(19)11-17(12(2)18)9-10-20-3/h5-8H,4,9-11H2,1-3H3,(H,16,19). The first-order valence-corrected chi connectivity index (χ1v) is 6.70. The number of methoxy groups -OCH3 is 1. The number of anilines is 1. The van der Waals surface area contributed by atoms with E-state index in [1.165, 1.54) is 11.8 Å². The first-order chi connectivity index (χ1) is 9.58. The van der Waals surface area contributed by atoms with Gasteiger partial charge in [-0.3, -0.25) is 9.59 Å². The molecule has 0 heterocycles. The molecule has 0 aromatic heterocycles. The Hall–Kier alpha value is -1.88. The van der Waals surface area contributed by atoms with Gasteiger partial charge in [-0.25, -0.2) is 0 Å². The SMILES string of the molecule is CCc1ccccc1NC(=O)CN(CCOC)C(C)=O. The normalized spacial score (nSPS) is 10.2. The first-order valence-electron chi connectivity index (χ1n) is 6.70. The molecule has 0 bridgehead atoms. The summed E-state index contributed by atoms with van der Waals surface area (Å²) in [6.07, 6.45) is 0.844. The molecule has 110 valence electrons. The van der Waals surface area contributed by atoms with Gasteiger partial charge in [0.05, 0.1) is 13.2 Å². The molecule has 2 amide bonds. The van der Waals surface area contributed by atoms with Crippen molar-refractivity contribution in [2.45, 2.75) is 20.3 Å². The van der Waals surface area contributed by atoms with Crippen LogP contribution in [0.1, 0.15) is 19.4 Å². The molecule has 1 aromatic carbocycles. The molecule has 0 aliphatic rings. The minimum absolute atomic E-state index is 0.0384. The number of hydrogen-bond donors (Lipinski definition) is 1. The summed E-state index contributed by atoms with van der Waals surface area (Å²) in [5.41, 5.74) is 1.88. The van der Waals surface area contributed by atoms with Crippen LogP contribution in [0.5, 0.6) is 0 Å². The highest BCUT2D eigenvalue weighted by Gasteiger charge is 2.14. The molecule has 1 aromatic rings. The van der Waals surface area contributed by atoms with Crippen LogP contribution < -0.4 is 5.32 Å². The number of ether oxygens (including phenoxy) is 1. The molecular weight excluding hydrogens is 256 g/mol. The van der Waals surface area contributed by atoms with Crippen LogP contribution >= 0.6 is 0 Å². The van der Waals surface area contributed by atoms with E-state index in [0.29, 0.717) is 13.2 Å². The van der Waals surface area contributed by atoms with Gasteiger partial charge >= 0.3 is 0 Å².